The summed E-state index contributed by atoms with van der Waals surface area (Å²) in [5, 5.41) is 0. The molecule has 4 fully saturated rings. The molecule has 0 amide bonds. The highest BCUT2D eigenvalue weighted by molar-refractivity contribution is 5.46. The Kier molecular flexibility index (Phi) is 11.0. The fraction of sp³-hybridized carbons (Fsp3) is 0.645. The van der Waals surface area contributed by atoms with Crippen molar-refractivity contribution in [1.82, 2.24) is 0 Å². The van der Waals surface area contributed by atoms with E-state index in [1.165, 1.54) is 73.7 Å². The third kappa shape index (κ3) is 7.29. The molecule has 1 aromatic carbocycles. The first-order valence-electron chi connectivity index (χ1n) is 25.8. The minimum absolute atomic E-state index is 0.0972. The molecule has 10 atom stereocenters. The van der Waals surface area contributed by atoms with Crippen LogP contribution in [0.4, 0.5) is 0 Å². The van der Waals surface area contributed by atoms with Crippen molar-refractivity contribution in [3.8, 4) is 0 Å². The Hall–Kier alpha value is -2.86. The lowest BCUT2D eigenvalue weighted by molar-refractivity contribution is 0.134. The smallest absolute Gasteiger partial charge is 0.000715 e. The van der Waals surface area contributed by atoms with E-state index in [9.17, 15) is 0 Å². The average molecular weight is 831 g/mol. The Bertz CT molecular complexity index is 1850. The zero-order valence-corrected chi connectivity index (χ0v) is 41.8. The molecule has 4 saturated carbocycles. The number of hydrogen-bond donors (Lipinski definition) is 0. The van der Waals surface area contributed by atoms with Gasteiger partial charge in [0.05, 0.1) is 0 Å². The van der Waals surface area contributed by atoms with E-state index >= 15 is 0 Å². The molecule has 0 radical (unpaired) electrons. The normalized spacial score (nSPS) is 35.6. The van der Waals surface area contributed by atoms with Crippen LogP contribution < -0.4 is 0 Å². The summed E-state index contributed by atoms with van der Waals surface area (Å²) < 4.78 is 0. The van der Waals surface area contributed by atoms with E-state index in [0.717, 1.165) is 0 Å². The van der Waals surface area contributed by atoms with Crippen molar-refractivity contribution in [2.75, 3.05) is 0 Å². The molecule has 0 heteroatoms. The molecular weight excluding hydrogens is 745 g/mol. The van der Waals surface area contributed by atoms with Gasteiger partial charge < -0.3 is 0 Å². The molecule has 8 aliphatic rings. The largest absolute Gasteiger partial charge is 0.0802 e. The number of benzene rings is 1. The molecule has 1 aromatic rings. The van der Waals surface area contributed by atoms with Crippen LogP contribution in [-0.2, 0) is 10.8 Å². The molecule has 0 heterocycles. The zero-order chi connectivity index (χ0) is 44.4. The third-order valence-electron chi connectivity index (χ3n) is 19.2. The van der Waals surface area contributed by atoms with Gasteiger partial charge in [-0.05, 0) is 163 Å². The second-order valence-corrected chi connectivity index (χ2v) is 26.7. The monoisotopic (exact) mass is 831 g/mol. The predicted molar refractivity (Wildman–Crippen MR) is 267 cm³/mol. The van der Waals surface area contributed by atoms with E-state index in [2.05, 4.69) is 194 Å². The van der Waals surface area contributed by atoms with E-state index in [4.69, 9.17) is 0 Å². The Morgan fingerprint density at radius 2 is 0.548 bits per heavy atom. The molecular formula is C62H86. The molecule has 0 nitrogen and oxygen atoms in total. The van der Waals surface area contributed by atoms with Gasteiger partial charge in [-0.2, -0.15) is 0 Å². The van der Waals surface area contributed by atoms with Crippen LogP contribution in [-0.4, -0.2) is 0 Å². The summed E-state index contributed by atoms with van der Waals surface area (Å²) in [5.74, 6) is 6.95. The third-order valence-corrected chi connectivity index (χ3v) is 19.2. The van der Waals surface area contributed by atoms with Crippen LogP contribution in [0.15, 0.2) is 119 Å². The van der Waals surface area contributed by atoms with Crippen molar-refractivity contribution in [1.29, 1.82) is 0 Å². The molecule has 62 heavy (non-hydrogen) atoms. The lowest BCUT2D eigenvalue weighted by Crippen LogP contribution is -2.45. The summed E-state index contributed by atoms with van der Waals surface area (Å²) in [5.41, 5.74) is 10.2. The second kappa shape index (κ2) is 15.4. The van der Waals surface area contributed by atoms with E-state index < -0.39 is 0 Å². The summed E-state index contributed by atoms with van der Waals surface area (Å²) >= 11 is 0. The first-order valence-corrected chi connectivity index (χ1v) is 25.8. The molecule has 8 aliphatic carbocycles. The maximum atomic E-state index is 2.76. The van der Waals surface area contributed by atoms with E-state index in [1.54, 1.807) is 11.1 Å². The van der Waals surface area contributed by atoms with Crippen LogP contribution in [0.3, 0.4) is 0 Å². The lowest BCUT2D eigenvalue weighted by Gasteiger charge is -2.49. The standard InChI is InChI=1S/C62H86/c1-57(2,3)43-27-31-47-51(35-43)52-36-44(58(4,5)6)28-32-48(52)55(47)61(13,39-19-15-16-20-39)41-23-25-42(26-24-41)62(14,40-21-17-18-22-40)56-49-33-29-45(59(7,8)9)37-53(49)54-38-46(60(10,11)12)30-34-50(54)56/h23-40,47-56H,15-22H2,1-14H3. The van der Waals surface area contributed by atoms with Gasteiger partial charge in [-0.3, -0.25) is 0 Å². The van der Waals surface area contributed by atoms with Gasteiger partial charge in [0.25, 0.3) is 0 Å². The Labute approximate surface area is 380 Å². The van der Waals surface area contributed by atoms with Gasteiger partial charge in [0, 0.05) is 0 Å². The highest BCUT2D eigenvalue weighted by Gasteiger charge is 2.60. The van der Waals surface area contributed by atoms with Gasteiger partial charge in [0.15, 0.2) is 0 Å². The number of fused-ring (bicyclic) bond motifs is 6. The highest BCUT2D eigenvalue weighted by atomic mass is 14.6. The summed E-state index contributed by atoms with van der Waals surface area (Å²) in [4.78, 5) is 0. The number of rotatable bonds is 6. The van der Waals surface area contributed by atoms with Crippen LogP contribution in [0.25, 0.3) is 0 Å². The molecule has 0 spiro atoms. The van der Waals surface area contributed by atoms with Crippen LogP contribution >= 0.6 is 0 Å². The van der Waals surface area contributed by atoms with Crippen molar-refractivity contribution in [2.24, 2.45) is 92.7 Å². The topological polar surface area (TPSA) is 0 Å². The van der Waals surface area contributed by atoms with Crippen LogP contribution in [0, 0.1) is 92.7 Å². The van der Waals surface area contributed by atoms with Crippen molar-refractivity contribution < 1.29 is 0 Å². The fourth-order valence-corrected chi connectivity index (χ4v) is 15.5. The van der Waals surface area contributed by atoms with E-state index in [1.807, 2.05) is 0 Å². The Balaban J connectivity index is 1.14. The Morgan fingerprint density at radius 3 is 0.758 bits per heavy atom. The van der Waals surface area contributed by atoms with Gasteiger partial charge in [-0.15, -0.1) is 0 Å². The van der Waals surface area contributed by atoms with Gasteiger partial charge in [-0.1, -0.05) is 220 Å². The van der Waals surface area contributed by atoms with Gasteiger partial charge in [-0.25, -0.2) is 0 Å². The zero-order valence-electron chi connectivity index (χ0n) is 41.8. The van der Waals surface area contributed by atoms with Gasteiger partial charge >= 0.3 is 0 Å². The van der Waals surface area contributed by atoms with Crippen molar-refractivity contribution >= 4 is 0 Å². The molecule has 9 rings (SSSR count). The van der Waals surface area contributed by atoms with Crippen molar-refractivity contribution in [3.05, 3.63) is 131 Å². The summed E-state index contributed by atoms with van der Waals surface area (Å²) in [7, 11) is 0. The first-order chi connectivity index (χ1) is 29.0. The van der Waals surface area contributed by atoms with Crippen molar-refractivity contribution in [3.63, 3.8) is 0 Å². The molecule has 0 aromatic heterocycles. The van der Waals surface area contributed by atoms with Crippen molar-refractivity contribution in [2.45, 2.75) is 159 Å². The fourth-order valence-electron chi connectivity index (χ4n) is 15.5. The molecule has 10 unspecified atom stereocenters. The molecule has 334 valence electrons. The van der Waals surface area contributed by atoms with Crippen LogP contribution in [0.2, 0.25) is 0 Å². The van der Waals surface area contributed by atoms with Crippen LogP contribution in [0.1, 0.15) is 159 Å². The first kappa shape index (κ1) is 44.3. The number of allylic oxidation sites excluding steroid dienone is 16. The molecule has 0 N–H and O–H groups in total. The summed E-state index contributed by atoms with van der Waals surface area (Å²) in [6.07, 6.45) is 43.1. The molecule has 0 aliphatic heterocycles. The maximum absolute atomic E-state index is 2.76. The van der Waals surface area contributed by atoms with E-state index in [-0.39, 0.29) is 32.5 Å². The maximum Gasteiger partial charge on any atom is -0.000715 e. The summed E-state index contributed by atoms with van der Waals surface area (Å²) in [6.45, 7) is 34.5. The van der Waals surface area contributed by atoms with Gasteiger partial charge in [0.2, 0.25) is 0 Å². The quantitative estimate of drug-likeness (QED) is 0.268. The molecule has 0 saturated heterocycles. The molecule has 0 bridgehead atoms. The highest BCUT2D eigenvalue weighted by Crippen LogP contribution is 2.65. The summed E-state index contributed by atoms with van der Waals surface area (Å²) in [6, 6.07) is 10.8. The average Bonchev–Trinajstić information content (AvgIpc) is 4.04. The van der Waals surface area contributed by atoms with E-state index in [0.29, 0.717) is 71.0 Å². The Morgan fingerprint density at radius 1 is 0.323 bits per heavy atom. The SMILES string of the molecule is CC(C)(C)C1=CC2C3C=C(C(C)(C)C)C=CC3C(C(C)(c3ccc(C(C)(C4CCCC4)C4C5C=CC(C(C)(C)C)=CC5C5C=C(C(C)(C)C)C=CC54)cc3)C3CCCC3)C2C=C1. The minimum atomic E-state index is 0.0972. The lowest BCUT2D eigenvalue weighted by atomic mass is 9.55. The second-order valence-electron chi connectivity index (χ2n) is 26.7. The minimum Gasteiger partial charge on any atom is -0.0802 e. The van der Waals surface area contributed by atoms with Gasteiger partial charge in [0.1, 0.15) is 0 Å². The van der Waals surface area contributed by atoms with Crippen LogP contribution in [0.5, 0.6) is 0 Å². The number of hydrogen-bond acceptors (Lipinski definition) is 0. The predicted octanol–water partition coefficient (Wildman–Crippen LogP) is 16.9.